The smallest absolute Gasteiger partial charge is 0.238 e. The Balaban J connectivity index is 2.34. The Bertz CT molecular complexity index is 339. The first-order chi connectivity index (χ1) is 7.26. The fraction of sp³-hybridized carbons (Fsp3) is 0.600. The van der Waals surface area contributed by atoms with Crippen LogP contribution in [0.2, 0.25) is 0 Å². The zero-order chi connectivity index (χ0) is 10.7. The maximum atomic E-state index is 14.5. The summed E-state index contributed by atoms with van der Waals surface area (Å²) in [6.45, 7) is 1.33. The number of hydrogen-bond donors (Lipinski definition) is 1. The molecule has 1 N–H and O–H groups in total. The number of piperidine rings is 1. The van der Waals surface area contributed by atoms with Gasteiger partial charge in [-0.2, -0.15) is 0 Å². The molecule has 1 fully saturated rings. The predicted octanol–water partition coefficient (Wildman–Crippen LogP) is 1.03. The molecule has 82 valence electrons. The summed E-state index contributed by atoms with van der Waals surface area (Å²) in [6, 6.07) is 0. The second kappa shape index (κ2) is 4.10. The molecule has 1 aromatic rings. The van der Waals surface area contributed by atoms with Gasteiger partial charge < -0.3 is 10.1 Å². The van der Waals surface area contributed by atoms with Gasteiger partial charge in [0.25, 0.3) is 0 Å². The molecule has 5 heteroatoms. The maximum absolute atomic E-state index is 14.5. The van der Waals surface area contributed by atoms with Crippen molar-refractivity contribution in [3.8, 4) is 5.88 Å². The number of aromatic nitrogens is 2. The summed E-state index contributed by atoms with van der Waals surface area (Å²) in [6.07, 6.45) is 3.85. The van der Waals surface area contributed by atoms with E-state index in [1.54, 1.807) is 0 Å². The van der Waals surface area contributed by atoms with E-state index in [-0.39, 0.29) is 0 Å². The lowest BCUT2D eigenvalue weighted by Gasteiger charge is -2.29. The van der Waals surface area contributed by atoms with Crippen molar-refractivity contribution >= 4 is 0 Å². The van der Waals surface area contributed by atoms with E-state index in [1.807, 2.05) is 0 Å². The largest absolute Gasteiger partial charge is 0.480 e. The van der Waals surface area contributed by atoms with Crippen molar-refractivity contribution in [3.05, 3.63) is 18.1 Å². The minimum Gasteiger partial charge on any atom is -0.480 e. The van der Waals surface area contributed by atoms with E-state index in [9.17, 15) is 4.39 Å². The molecular weight excluding hydrogens is 197 g/mol. The molecule has 1 aliphatic heterocycles. The molecule has 4 nitrogen and oxygen atoms in total. The van der Waals surface area contributed by atoms with Gasteiger partial charge in [-0.15, -0.1) is 0 Å². The number of nitrogens with zero attached hydrogens (tertiary/aromatic N) is 2. The van der Waals surface area contributed by atoms with Gasteiger partial charge in [-0.25, -0.2) is 9.37 Å². The molecule has 0 saturated carbocycles. The summed E-state index contributed by atoms with van der Waals surface area (Å²) < 4.78 is 19.6. The first-order valence-electron chi connectivity index (χ1n) is 5.01. The van der Waals surface area contributed by atoms with Crippen LogP contribution in [0.3, 0.4) is 0 Å². The zero-order valence-corrected chi connectivity index (χ0v) is 8.66. The summed E-state index contributed by atoms with van der Waals surface area (Å²) in [5, 5.41) is 3.12. The van der Waals surface area contributed by atoms with Crippen molar-refractivity contribution in [2.75, 3.05) is 20.2 Å². The van der Waals surface area contributed by atoms with Crippen LogP contribution in [0.15, 0.2) is 12.4 Å². The number of ether oxygens (including phenoxy) is 1. The molecule has 0 bridgehead atoms. The number of rotatable bonds is 2. The fourth-order valence-corrected chi connectivity index (χ4v) is 1.84. The number of nitrogens with one attached hydrogen (secondary N) is 1. The Hall–Kier alpha value is -1.23. The molecule has 0 atom stereocenters. The van der Waals surface area contributed by atoms with Crippen molar-refractivity contribution in [3.63, 3.8) is 0 Å². The topological polar surface area (TPSA) is 47.0 Å². The van der Waals surface area contributed by atoms with Crippen LogP contribution in [0.25, 0.3) is 0 Å². The molecule has 0 radical (unpaired) electrons. The van der Waals surface area contributed by atoms with Crippen LogP contribution in [-0.4, -0.2) is 30.2 Å². The highest BCUT2D eigenvalue weighted by molar-refractivity contribution is 5.25. The molecule has 1 aliphatic rings. The molecule has 0 spiro atoms. The molecule has 1 saturated heterocycles. The second-order valence-electron chi connectivity index (χ2n) is 3.63. The third-order valence-corrected chi connectivity index (χ3v) is 2.68. The van der Waals surface area contributed by atoms with Crippen LogP contribution < -0.4 is 10.1 Å². The first-order valence-corrected chi connectivity index (χ1v) is 5.01. The van der Waals surface area contributed by atoms with Crippen molar-refractivity contribution in [1.82, 2.24) is 15.3 Å². The number of methoxy groups -OCH3 is 1. The van der Waals surface area contributed by atoms with E-state index in [0.29, 0.717) is 37.5 Å². The third-order valence-electron chi connectivity index (χ3n) is 2.68. The Morgan fingerprint density at radius 1 is 1.33 bits per heavy atom. The predicted molar refractivity (Wildman–Crippen MR) is 53.5 cm³/mol. The van der Waals surface area contributed by atoms with Crippen LogP contribution >= 0.6 is 0 Å². The molecule has 2 rings (SSSR count). The molecule has 0 aliphatic carbocycles. The minimum atomic E-state index is -1.40. The van der Waals surface area contributed by atoms with Crippen LogP contribution in [0.1, 0.15) is 18.5 Å². The van der Waals surface area contributed by atoms with Gasteiger partial charge in [-0.3, -0.25) is 4.98 Å². The Morgan fingerprint density at radius 2 is 2.00 bits per heavy atom. The Kier molecular flexibility index (Phi) is 2.81. The lowest BCUT2D eigenvalue weighted by atomic mass is 9.91. The van der Waals surface area contributed by atoms with E-state index < -0.39 is 5.67 Å². The van der Waals surface area contributed by atoms with E-state index in [1.165, 1.54) is 19.5 Å². The lowest BCUT2D eigenvalue weighted by molar-refractivity contribution is 0.105. The highest BCUT2D eigenvalue weighted by Crippen LogP contribution is 2.37. The normalized spacial score (nSPS) is 19.9. The van der Waals surface area contributed by atoms with Gasteiger partial charge in [0.2, 0.25) is 5.88 Å². The summed E-state index contributed by atoms with van der Waals surface area (Å²) in [5.41, 5.74) is -1.07. The highest BCUT2D eigenvalue weighted by Gasteiger charge is 2.38. The van der Waals surface area contributed by atoms with Gasteiger partial charge in [0.15, 0.2) is 5.67 Å². The fourth-order valence-electron chi connectivity index (χ4n) is 1.84. The van der Waals surface area contributed by atoms with Crippen LogP contribution in [-0.2, 0) is 5.67 Å². The average molecular weight is 211 g/mol. The highest BCUT2D eigenvalue weighted by atomic mass is 19.1. The van der Waals surface area contributed by atoms with Gasteiger partial charge in [0, 0.05) is 12.4 Å². The first kappa shape index (κ1) is 10.3. The number of halogens is 1. The Morgan fingerprint density at radius 3 is 2.67 bits per heavy atom. The Labute approximate surface area is 87.9 Å². The molecule has 0 unspecified atom stereocenters. The summed E-state index contributed by atoms with van der Waals surface area (Å²) >= 11 is 0. The van der Waals surface area contributed by atoms with E-state index in [2.05, 4.69) is 15.3 Å². The van der Waals surface area contributed by atoms with Gasteiger partial charge >= 0.3 is 0 Å². The monoisotopic (exact) mass is 211 g/mol. The summed E-state index contributed by atoms with van der Waals surface area (Å²) in [4.78, 5) is 8.03. The molecule has 15 heavy (non-hydrogen) atoms. The molecule has 1 aromatic heterocycles. The third kappa shape index (κ3) is 1.92. The van der Waals surface area contributed by atoms with Gasteiger partial charge in [-0.1, -0.05) is 0 Å². The van der Waals surface area contributed by atoms with Crippen LogP contribution in [0, 0.1) is 0 Å². The van der Waals surface area contributed by atoms with Gasteiger partial charge in [0.05, 0.1) is 7.11 Å². The van der Waals surface area contributed by atoms with Crippen LogP contribution in [0.4, 0.5) is 4.39 Å². The quantitative estimate of drug-likeness (QED) is 0.793. The number of alkyl halides is 1. The SMILES string of the molecule is COc1nccnc1C1(F)CCNCC1. The van der Waals surface area contributed by atoms with Gasteiger partial charge in [-0.05, 0) is 25.9 Å². The minimum absolute atomic E-state index is 0.293. The van der Waals surface area contributed by atoms with Crippen molar-refractivity contribution in [2.24, 2.45) is 0 Å². The van der Waals surface area contributed by atoms with Crippen molar-refractivity contribution in [2.45, 2.75) is 18.5 Å². The summed E-state index contributed by atoms with van der Waals surface area (Å²) in [5.74, 6) is 0.293. The van der Waals surface area contributed by atoms with Crippen molar-refractivity contribution in [1.29, 1.82) is 0 Å². The standard InChI is InChI=1S/C10H14FN3O/c1-15-9-8(13-6-7-14-9)10(11)2-4-12-5-3-10/h6-7,12H,2-5H2,1H3. The lowest BCUT2D eigenvalue weighted by Crippen LogP contribution is -2.37. The number of hydrogen-bond acceptors (Lipinski definition) is 4. The molecule has 0 aromatic carbocycles. The van der Waals surface area contributed by atoms with Crippen molar-refractivity contribution < 1.29 is 9.13 Å². The zero-order valence-electron chi connectivity index (χ0n) is 8.66. The molecular formula is C10H14FN3O. The van der Waals surface area contributed by atoms with E-state index >= 15 is 0 Å². The second-order valence-corrected chi connectivity index (χ2v) is 3.63. The average Bonchev–Trinajstić information content (AvgIpc) is 2.30. The molecule has 2 heterocycles. The van der Waals surface area contributed by atoms with Crippen LogP contribution in [0.5, 0.6) is 5.88 Å². The summed E-state index contributed by atoms with van der Waals surface area (Å²) in [7, 11) is 1.48. The maximum Gasteiger partial charge on any atom is 0.238 e. The molecule has 0 amide bonds. The van der Waals surface area contributed by atoms with E-state index in [4.69, 9.17) is 4.74 Å². The van der Waals surface area contributed by atoms with Gasteiger partial charge in [0.1, 0.15) is 5.69 Å². The van der Waals surface area contributed by atoms with E-state index in [0.717, 1.165) is 0 Å².